The summed E-state index contributed by atoms with van der Waals surface area (Å²) in [6, 6.07) is 13.4. The van der Waals surface area contributed by atoms with Crippen molar-refractivity contribution in [1.29, 1.82) is 5.26 Å². The topological polar surface area (TPSA) is 83.2 Å². The van der Waals surface area contributed by atoms with Gasteiger partial charge in [0.05, 0.1) is 17.5 Å². The maximum absolute atomic E-state index is 13.0. The number of hydrogen-bond acceptors (Lipinski definition) is 4. The first kappa shape index (κ1) is 21.1. The highest BCUT2D eigenvalue weighted by molar-refractivity contribution is 6.30. The summed E-state index contributed by atoms with van der Waals surface area (Å²) in [5, 5.41) is 13.4. The Labute approximate surface area is 189 Å². The summed E-state index contributed by atoms with van der Waals surface area (Å²) in [7, 11) is 0. The van der Waals surface area contributed by atoms with Gasteiger partial charge >= 0.3 is 11.7 Å². The van der Waals surface area contributed by atoms with Crippen LogP contribution in [0, 0.1) is 11.3 Å². The zero-order valence-electron chi connectivity index (χ0n) is 16.8. The van der Waals surface area contributed by atoms with E-state index in [2.05, 4.69) is 16.2 Å². The number of nitrogens with zero attached hydrogens (tertiary/aromatic N) is 3. The number of benzene rings is 2. The number of nitriles is 1. The molecule has 0 atom stereocenters. The molecule has 33 heavy (non-hydrogen) atoms. The van der Waals surface area contributed by atoms with Gasteiger partial charge < -0.3 is 4.74 Å². The fraction of sp³-hybridized carbons (Fsp3) is 0.174. The first-order chi connectivity index (χ1) is 15.7. The molecule has 0 spiro atoms. The van der Waals surface area contributed by atoms with Crippen LogP contribution in [-0.2, 0) is 11.6 Å². The van der Waals surface area contributed by atoms with E-state index in [4.69, 9.17) is 16.3 Å². The van der Waals surface area contributed by atoms with Crippen LogP contribution < -0.4 is 10.3 Å². The third-order valence-corrected chi connectivity index (χ3v) is 6.03. The SMILES string of the molecule is N#Cc1c(C2(c3ccc(Cl)cc3)CC2)[nH]n2c(=O)c(Oc3ccc(C(F)(F)F)cc3)cnc12. The lowest BCUT2D eigenvalue weighted by Gasteiger charge is -2.14. The van der Waals surface area contributed by atoms with Crippen molar-refractivity contribution in [3.05, 3.63) is 92.5 Å². The molecular weight excluding hydrogens is 457 g/mol. The van der Waals surface area contributed by atoms with Gasteiger partial charge in [-0.2, -0.15) is 22.9 Å². The normalized spacial score (nSPS) is 14.8. The zero-order chi connectivity index (χ0) is 23.4. The molecule has 166 valence electrons. The Morgan fingerprint density at radius 1 is 1.12 bits per heavy atom. The Balaban J connectivity index is 1.55. The summed E-state index contributed by atoms with van der Waals surface area (Å²) in [6.07, 6.45) is -1.76. The second kappa shape index (κ2) is 7.39. The molecule has 2 aromatic carbocycles. The van der Waals surface area contributed by atoms with E-state index in [1.165, 1.54) is 0 Å². The largest absolute Gasteiger partial charge is 0.450 e. The average Bonchev–Trinajstić information content (AvgIpc) is 3.50. The van der Waals surface area contributed by atoms with Gasteiger partial charge in [-0.15, -0.1) is 0 Å². The lowest BCUT2D eigenvalue weighted by molar-refractivity contribution is -0.137. The summed E-state index contributed by atoms with van der Waals surface area (Å²) in [6.45, 7) is 0. The van der Waals surface area contributed by atoms with Crippen LogP contribution in [0.4, 0.5) is 13.2 Å². The molecule has 1 fully saturated rings. The number of nitrogens with one attached hydrogen (secondary N) is 1. The molecular formula is C23H14ClF3N4O2. The minimum absolute atomic E-state index is 0.0500. The van der Waals surface area contributed by atoms with Crippen molar-refractivity contribution in [3.8, 4) is 17.6 Å². The maximum atomic E-state index is 13.0. The van der Waals surface area contributed by atoms with Crippen LogP contribution in [0.1, 0.15) is 35.2 Å². The minimum atomic E-state index is -4.48. The highest BCUT2D eigenvalue weighted by Gasteiger charge is 2.49. The van der Waals surface area contributed by atoms with Crippen LogP contribution in [0.5, 0.6) is 11.5 Å². The molecule has 0 aliphatic heterocycles. The Bertz CT molecular complexity index is 1460. The minimum Gasteiger partial charge on any atom is -0.450 e. The van der Waals surface area contributed by atoms with Crippen molar-refractivity contribution in [3.63, 3.8) is 0 Å². The molecule has 10 heteroatoms. The van der Waals surface area contributed by atoms with Crippen LogP contribution in [-0.4, -0.2) is 14.6 Å². The average molecular weight is 471 g/mol. The second-order valence-electron chi connectivity index (χ2n) is 7.77. The zero-order valence-corrected chi connectivity index (χ0v) is 17.5. The van der Waals surface area contributed by atoms with Crippen molar-refractivity contribution in [1.82, 2.24) is 14.6 Å². The predicted octanol–water partition coefficient (Wildman–Crippen LogP) is 5.44. The van der Waals surface area contributed by atoms with Gasteiger partial charge in [-0.3, -0.25) is 9.89 Å². The van der Waals surface area contributed by atoms with Crippen LogP contribution in [0.2, 0.25) is 5.02 Å². The van der Waals surface area contributed by atoms with Gasteiger partial charge in [-0.05, 0) is 54.8 Å². The molecule has 1 aliphatic carbocycles. The summed E-state index contributed by atoms with van der Waals surface area (Å²) < 4.78 is 44.9. The number of aromatic nitrogens is 3. The second-order valence-corrected chi connectivity index (χ2v) is 8.21. The molecule has 0 radical (unpaired) electrons. The molecule has 1 saturated carbocycles. The molecule has 2 heterocycles. The molecule has 0 amide bonds. The summed E-state index contributed by atoms with van der Waals surface area (Å²) in [5.74, 6) is -0.144. The number of aromatic amines is 1. The lowest BCUT2D eigenvalue weighted by atomic mass is 9.90. The Hall–Kier alpha value is -3.77. The summed E-state index contributed by atoms with van der Waals surface area (Å²) >= 11 is 6.00. The summed E-state index contributed by atoms with van der Waals surface area (Å²) in [5.41, 5.74) is 0.0369. The summed E-state index contributed by atoms with van der Waals surface area (Å²) in [4.78, 5) is 17.2. The number of ether oxygens (including phenoxy) is 1. The van der Waals surface area contributed by atoms with E-state index >= 15 is 0 Å². The number of rotatable bonds is 4. The molecule has 5 rings (SSSR count). The Morgan fingerprint density at radius 2 is 1.79 bits per heavy atom. The van der Waals surface area contributed by atoms with Crippen molar-refractivity contribution >= 4 is 17.2 Å². The van der Waals surface area contributed by atoms with E-state index in [1.807, 2.05) is 12.1 Å². The van der Waals surface area contributed by atoms with Crippen molar-refractivity contribution in [2.24, 2.45) is 0 Å². The van der Waals surface area contributed by atoms with Gasteiger partial charge in [-0.25, -0.2) is 4.98 Å². The van der Waals surface area contributed by atoms with E-state index < -0.39 is 22.7 Å². The number of hydrogen-bond donors (Lipinski definition) is 1. The molecule has 0 bridgehead atoms. The monoisotopic (exact) mass is 470 g/mol. The van der Waals surface area contributed by atoms with E-state index in [9.17, 15) is 23.2 Å². The third kappa shape index (κ3) is 3.52. The van der Waals surface area contributed by atoms with Gasteiger partial charge in [0.15, 0.2) is 5.65 Å². The molecule has 0 unspecified atom stereocenters. The molecule has 1 N–H and O–H groups in total. The molecule has 6 nitrogen and oxygen atoms in total. The van der Waals surface area contributed by atoms with Crippen LogP contribution in [0.25, 0.3) is 5.65 Å². The fourth-order valence-corrected chi connectivity index (χ4v) is 4.06. The molecule has 0 saturated heterocycles. The Morgan fingerprint density at radius 3 is 2.36 bits per heavy atom. The highest BCUT2D eigenvalue weighted by Crippen LogP contribution is 2.54. The molecule has 4 aromatic rings. The van der Waals surface area contributed by atoms with Crippen molar-refractivity contribution in [2.45, 2.75) is 24.4 Å². The first-order valence-electron chi connectivity index (χ1n) is 9.88. The van der Waals surface area contributed by atoms with Gasteiger partial charge in [0.25, 0.3) is 0 Å². The standard InChI is InChI=1S/C23H14ClF3N4O2/c24-15-5-1-13(2-6-15)22(9-10-22)19-17(11-28)20-29-12-18(21(32)31(20)30-19)33-16-7-3-14(4-8-16)23(25,26)27/h1-8,12,30H,9-10H2. The van der Waals surface area contributed by atoms with Crippen molar-refractivity contribution in [2.75, 3.05) is 0 Å². The smallest absolute Gasteiger partial charge is 0.416 e. The number of halogens is 4. The van der Waals surface area contributed by atoms with E-state index in [0.717, 1.165) is 53.4 Å². The van der Waals surface area contributed by atoms with Crippen molar-refractivity contribution < 1.29 is 17.9 Å². The third-order valence-electron chi connectivity index (χ3n) is 5.77. The number of alkyl halides is 3. The Kier molecular flexibility index (Phi) is 4.72. The van der Waals surface area contributed by atoms with Crippen LogP contribution >= 0.6 is 11.6 Å². The predicted molar refractivity (Wildman–Crippen MR) is 114 cm³/mol. The van der Waals surface area contributed by atoms with Gasteiger partial charge in [0.1, 0.15) is 17.4 Å². The highest BCUT2D eigenvalue weighted by atomic mass is 35.5. The van der Waals surface area contributed by atoms with Crippen LogP contribution in [0.3, 0.4) is 0 Å². The molecule has 1 aliphatic rings. The molecule has 2 aromatic heterocycles. The van der Waals surface area contributed by atoms with Gasteiger partial charge in [0, 0.05) is 10.4 Å². The number of H-pyrrole nitrogens is 1. The quantitative estimate of drug-likeness (QED) is 0.430. The number of fused-ring (bicyclic) bond motifs is 1. The van der Waals surface area contributed by atoms with E-state index in [1.54, 1.807) is 12.1 Å². The van der Waals surface area contributed by atoms with E-state index in [-0.39, 0.29) is 22.7 Å². The van der Waals surface area contributed by atoms with Gasteiger partial charge in [0.2, 0.25) is 5.75 Å². The fourth-order valence-electron chi connectivity index (χ4n) is 3.94. The van der Waals surface area contributed by atoms with Gasteiger partial charge in [-0.1, -0.05) is 23.7 Å². The first-order valence-corrected chi connectivity index (χ1v) is 10.3. The maximum Gasteiger partial charge on any atom is 0.416 e. The van der Waals surface area contributed by atoms with Crippen LogP contribution in [0.15, 0.2) is 59.5 Å². The van der Waals surface area contributed by atoms with E-state index in [0.29, 0.717) is 10.7 Å². The lowest BCUT2D eigenvalue weighted by Crippen LogP contribution is -2.17.